The monoisotopic (exact) mass is 443 g/mol. The SMILES string of the molecule is C.N=C(N)c1ccc(OCCCN2CCC(COc3ccc(C(=N)N)c(F)c3)CC2)cc1. The van der Waals surface area contributed by atoms with E-state index in [0.29, 0.717) is 30.4 Å². The number of rotatable bonds is 10. The number of nitrogens with zero attached hydrogens (tertiary/aromatic N) is 1. The molecular formula is C24H34FN5O2. The number of halogens is 1. The standard InChI is InChI=1S/C23H30FN5O2.CH4/c24-21-14-19(6-7-20(21)23(27)28)31-15-16-8-11-29(12-9-16)10-1-13-30-18-4-2-17(3-5-18)22(25)26;/h2-7,14,16H,1,8-13,15H2,(H3,25,26)(H3,27,28);1H4. The summed E-state index contributed by atoms with van der Waals surface area (Å²) in [7, 11) is 0. The van der Waals surface area contributed by atoms with E-state index in [4.69, 9.17) is 31.8 Å². The summed E-state index contributed by atoms with van der Waals surface area (Å²) in [6, 6.07) is 11.7. The van der Waals surface area contributed by atoms with Gasteiger partial charge in [-0.25, -0.2) is 4.39 Å². The van der Waals surface area contributed by atoms with Crippen LogP contribution in [-0.4, -0.2) is 49.4 Å². The van der Waals surface area contributed by atoms with Gasteiger partial charge in [0.2, 0.25) is 0 Å². The Balaban J connectivity index is 0.00000363. The van der Waals surface area contributed by atoms with Gasteiger partial charge in [0.25, 0.3) is 0 Å². The van der Waals surface area contributed by atoms with Crippen LogP contribution in [0.2, 0.25) is 0 Å². The van der Waals surface area contributed by atoms with Gasteiger partial charge in [-0.15, -0.1) is 0 Å². The Morgan fingerprint density at radius 3 is 2.22 bits per heavy atom. The third-order valence-electron chi connectivity index (χ3n) is 5.48. The summed E-state index contributed by atoms with van der Waals surface area (Å²) in [5.41, 5.74) is 11.6. The molecule has 6 N–H and O–H groups in total. The van der Waals surface area contributed by atoms with Crippen LogP contribution in [0.15, 0.2) is 42.5 Å². The third kappa shape index (κ3) is 7.23. The van der Waals surface area contributed by atoms with Crippen molar-refractivity contribution in [2.24, 2.45) is 17.4 Å². The summed E-state index contributed by atoms with van der Waals surface area (Å²) in [6.07, 6.45) is 3.03. The molecule has 0 aromatic heterocycles. The van der Waals surface area contributed by atoms with Gasteiger partial charge < -0.3 is 25.8 Å². The minimum atomic E-state index is -0.531. The van der Waals surface area contributed by atoms with Crippen molar-refractivity contribution < 1.29 is 13.9 Å². The molecule has 0 saturated carbocycles. The first-order valence-corrected chi connectivity index (χ1v) is 10.5. The molecule has 2 aromatic rings. The zero-order valence-corrected chi connectivity index (χ0v) is 17.6. The summed E-state index contributed by atoms with van der Waals surface area (Å²) in [5.74, 6) is 0.942. The van der Waals surface area contributed by atoms with Gasteiger partial charge in [-0.3, -0.25) is 10.8 Å². The highest BCUT2D eigenvalue weighted by atomic mass is 19.1. The molecule has 1 fully saturated rings. The van der Waals surface area contributed by atoms with E-state index in [1.165, 1.54) is 12.1 Å². The number of hydrogen-bond donors (Lipinski definition) is 4. The fourth-order valence-electron chi connectivity index (χ4n) is 3.60. The average Bonchev–Trinajstić information content (AvgIpc) is 2.76. The Morgan fingerprint density at radius 2 is 1.62 bits per heavy atom. The van der Waals surface area contributed by atoms with Crippen molar-refractivity contribution in [3.8, 4) is 11.5 Å². The lowest BCUT2D eigenvalue weighted by Gasteiger charge is -2.31. The van der Waals surface area contributed by atoms with Crippen LogP contribution in [0, 0.1) is 22.6 Å². The minimum Gasteiger partial charge on any atom is -0.494 e. The van der Waals surface area contributed by atoms with E-state index in [0.717, 1.165) is 44.6 Å². The van der Waals surface area contributed by atoms with Crippen LogP contribution < -0.4 is 20.9 Å². The highest BCUT2D eigenvalue weighted by Crippen LogP contribution is 2.21. The minimum absolute atomic E-state index is 0. The molecule has 0 aliphatic carbocycles. The third-order valence-corrected chi connectivity index (χ3v) is 5.48. The summed E-state index contributed by atoms with van der Waals surface area (Å²) < 4.78 is 25.4. The fourth-order valence-corrected chi connectivity index (χ4v) is 3.60. The lowest BCUT2D eigenvalue weighted by molar-refractivity contribution is 0.135. The molecule has 0 unspecified atom stereocenters. The van der Waals surface area contributed by atoms with Crippen LogP contribution in [0.5, 0.6) is 11.5 Å². The van der Waals surface area contributed by atoms with Gasteiger partial charge in [0.15, 0.2) is 0 Å². The van der Waals surface area contributed by atoms with Gasteiger partial charge in [0, 0.05) is 18.2 Å². The van der Waals surface area contributed by atoms with E-state index in [1.807, 2.05) is 12.1 Å². The Hall–Kier alpha value is -3.13. The average molecular weight is 444 g/mol. The number of hydrogen-bond acceptors (Lipinski definition) is 5. The largest absolute Gasteiger partial charge is 0.494 e. The molecular weight excluding hydrogens is 409 g/mol. The summed E-state index contributed by atoms with van der Waals surface area (Å²) >= 11 is 0. The lowest BCUT2D eigenvalue weighted by Crippen LogP contribution is -2.36. The maximum atomic E-state index is 13.9. The quantitative estimate of drug-likeness (QED) is 0.254. The molecule has 0 spiro atoms. The van der Waals surface area contributed by atoms with E-state index < -0.39 is 5.82 Å². The molecule has 174 valence electrons. The highest BCUT2D eigenvalue weighted by Gasteiger charge is 2.19. The van der Waals surface area contributed by atoms with Crippen LogP contribution in [0.1, 0.15) is 37.8 Å². The predicted octanol–water partition coefficient (Wildman–Crippen LogP) is 3.59. The van der Waals surface area contributed by atoms with Gasteiger partial charge in [-0.1, -0.05) is 7.43 Å². The van der Waals surface area contributed by atoms with Gasteiger partial charge >= 0.3 is 0 Å². The van der Waals surface area contributed by atoms with E-state index in [9.17, 15) is 4.39 Å². The zero-order chi connectivity index (χ0) is 22.2. The molecule has 8 heteroatoms. The van der Waals surface area contributed by atoms with Crippen LogP contribution in [0.3, 0.4) is 0 Å². The molecule has 7 nitrogen and oxygen atoms in total. The number of nitrogens with one attached hydrogen (secondary N) is 2. The second kappa shape index (κ2) is 12.0. The van der Waals surface area contributed by atoms with Crippen molar-refractivity contribution in [1.82, 2.24) is 4.90 Å². The molecule has 0 radical (unpaired) electrons. The zero-order valence-electron chi connectivity index (χ0n) is 17.6. The number of amidine groups is 2. The molecule has 2 aromatic carbocycles. The van der Waals surface area contributed by atoms with Crippen LogP contribution in [-0.2, 0) is 0 Å². The molecule has 1 aliphatic heterocycles. The first-order valence-electron chi connectivity index (χ1n) is 10.5. The smallest absolute Gasteiger partial charge is 0.137 e. The summed E-state index contributed by atoms with van der Waals surface area (Å²) in [4.78, 5) is 2.43. The van der Waals surface area contributed by atoms with E-state index in [1.54, 1.807) is 18.2 Å². The second-order valence-electron chi connectivity index (χ2n) is 7.79. The topological polar surface area (TPSA) is 121 Å². The van der Waals surface area contributed by atoms with Crippen molar-refractivity contribution in [1.29, 1.82) is 10.8 Å². The second-order valence-corrected chi connectivity index (χ2v) is 7.79. The van der Waals surface area contributed by atoms with Crippen molar-refractivity contribution >= 4 is 11.7 Å². The molecule has 1 saturated heterocycles. The van der Waals surface area contributed by atoms with Gasteiger partial charge in [-0.2, -0.15) is 0 Å². The molecule has 3 rings (SSSR count). The van der Waals surface area contributed by atoms with Crippen LogP contribution >= 0.6 is 0 Å². The first-order chi connectivity index (χ1) is 14.9. The highest BCUT2D eigenvalue weighted by molar-refractivity contribution is 5.95. The molecule has 0 amide bonds. The molecule has 32 heavy (non-hydrogen) atoms. The summed E-state index contributed by atoms with van der Waals surface area (Å²) in [6.45, 7) is 4.21. The van der Waals surface area contributed by atoms with E-state index in [2.05, 4.69) is 4.90 Å². The normalized spacial score (nSPS) is 14.4. The van der Waals surface area contributed by atoms with Crippen molar-refractivity contribution in [3.63, 3.8) is 0 Å². The van der Waals surface area contributed by atoms with Crippen molar-refractivity contribution in [2.45, 2.75) is 26.7 Å². The molecule has 0 atom stereocenters. The molecule has 1 heterocycles. The maximum Gasteiger partial charge on any atom is 0.137 e. The Labute approximate surface area is 189 Å². The number of nitrogen functional groups attached to an aromatic ring is 2. The van der Waals surface area contributed by atoms with E-state index in [-0.39, 0.29) is 24.7 Å². The molecule has 1 aliphatic rings. The Bertz CT molecular complexity index is 896. The van der Waals surface area contributed by atoms with Crippen molar-refractivity contribution in [2.75, 3.05) is 32.8 Å². The van der Waals surface area contributed by atoms with Gasteiger partial charge in [0.05, 0.1) is 18.8 Å². The number of benzene rings is 2. The number of nitrogens with two attached hydrogens (primary N) is 2. The first kappa shape index (κ1) is 25.1. The lowest BCUT2D eigenvalue weighted by atomic mass is 9.97. The fraction of sp³-hybridized carbons (Fsp3) is 0.417. The number of ether oxygens (including phenoxy) is 2. The number of piperidine rings is 1. The van der Waals surface area contributed by atoms with Crippen LogP contribution in [0.25, 0.3) is 0 Å². The summed E-state index contributed by atoms with van der Waals surface area (Å²) in [5, 5.41) is 14.7. The van der Waals surface area contributed by atoms with Gasteiger partial charge in [-0.05, 0) is 74.7 Å². The molecule has 0 bridgehead atoms. The predicted molar refractivity (Wildman–Crippen MR) is 126 cm³/mol. The van der Waals surface area contributed by atoms with Gasteiger partial charge in [0.1, 0.15) is 29.0 Å². The van der Waals surface area contributed by atoms with Crippen LogP contribution in [0.4, 0.5) is 4.39 Å². The number of likely N-dealkylation sites (tertiary alicyclic amines) is 1. The van der Waals surface area contributed by atoms with E-state index >= 15 is 0 Å². The Morgan fingerprint density at radius 1 is 0.969 bits per heavy atom. The Kier molecular flexibility index (Phi) is 9.46. The van der Waals surface area contributed by atoms with Crippen molar-refractivity contribution in [3.05, 3.63) is 59.4 Å². The maximum absolute atomic E-state index is 13.9.